The third kappa shape index (κ3) is 5.58. The Balaban J connectivity index is 1.60. The molecular weight excluding hydrogens is 597 g/mol. The van der Waals surface area contributed by atoms with E-state index in [2.05, 4.69) is 105 Å². The van der Waals surface area contributed by atoms with Crippen LogP contribution in [0.2, 0.25) is 0 Å². The molecule has 1 saturated heterocycles. The monoisotopic (exact) mass is 632 g/mol. The minimum atomic E-state index is -1.55. The highest BCUT2D eigenvalue weighted by Gasteiger charge is 2.34. The third-order valence-electron chi connectivity index (χ3n) is 7.24. The highest BCUT2D eigenvalue weighted by atomic mass is 127. The van der Waals surface area contributed by atoms with Crippen LogP contribution in [0.5, 0.6) is 0 Å². The lowest BCUT2D eigenvalue weighted by Gasteiger charge is -2.23. The summed E-state index contributed by atoms with van der Waals surface area (Å²) in [5.41, 5.74) is 8.30. The van der Waals surface area contributed by atoms with Gasteiger partial charge < -0.3 is 8.39 Å². The fourth-order valence-corrected chi connectivity index (χ4v) is 10.7. The standard InChI is InChI=1S/C30H35IO3P2/c1-5-6-10-24-15-20(2)16-25-26-17-21(3)18-27(31)30(26)34-36(33-29(24)25)32-19-35-22(4)13-14-28(35)23-11-8-7-9-12-23/h7-9,11-12,15-18,22,28H,5-6,10,13-14,19H2,1-4H3/t22-,28-,35?,36?/m1/s1. The van der Waals surface area contributed by atoms with E-state index in [0.29, 0.717) is 17.7 Å². The Hall–Kier alpha value is -1.32. The second kappa shape index (κ2) is 11.6. The molecule has 1 fully saturated rings. The van der Waals surface area contributed by atoms with Gasteiger partial charge >= 0.3 is 8.24 Å². The number of rotatable bonds is 7. The number of hydrogen-bond donors (Lipinski definition) is 0. The first-order valence-electron chi connectivity index (χ1n) is 13.0. The molecule has 1 aromatic heterocycles. The number of hydrogen-bond acceptors (Lipinski definition) is 3. The lowest BCUT2D eigenvalue weighted by molar-refractivity contribution is 0.432. The summed E-state index contributed by atoms with van der Waals surface area (Å²) in [5, 5.41) is 2.25. The highest BCUT2D eigenvalue weighted by Crippen LogP contribution is 2.63. The zero-order valence-corrected chi connectivity index (χ0v) is 25.5. The fourth-order valence-electron chi connectivity index (χ4n) is 5.35. The van der Waals surface area contributed by atoms with Gasteiger partial charge in [0.2, 0.25) is 0 Å². The predicted octanol–water partition coefficient (Wildman–Crippen LogP) is 10.6. The third-order valence-corrected chi connectivity index (χ3v) is 12.4. The van der Waals surface area contributed by atoms with E-state index in [1.807, 2.05) is 0 Å². The number of fused-ring (bicyclic) bond motifs is 3. The van der Waals surface area contributed by atoms with E-state index in [-0.39, 0.29) is 7.92 Å². The SMILES string of the molecule is CCCCc1cc(C)cc2c1op(OCP1[C@H](C)CC[C@@H]1c1ccccc1)oc1c(I)cc(C)cc12. The van der Waals surface area contributed by atoms with Crippen LogP contribution in [0.3, 0.4) is 0 Å². The highest BCUT2D eigenvalue weighted by molar-refractivity contribution is 14.1. The summed E-state index contributed by atoms with van der Waals surface area (Å²) in [6.07, 6.45) is 6.51. The van der Waals surface area contributed by atoms with E-state index in [9.17, 15) is 0 Å². The number of unbranched alkanes of at least 4 members (excludes halogenated alkanes) is 1. The summed E-state index contributed by atoms with van der Waals surface area (Å²) in [4.78, 5) is 0. The van der Waals surface area contributed by atoms with Crippen molar-refractivity contribution < 1.29 is 12.9 Å². The van der Waals surface area contributed by atoms with Crippen molar-refractivity contribution in [2.24, 2.45) is 0 Å². The van der Waals surface area contributed by atoms with Crippen LogP contribution in [0.1, 0.15) is 67.4 Å². The first-order valence-corrected chi connectivity index (χ1v) is 16.8. The molecule has 2 heterocycles. The summed E-state index contributed by atoms with van der Waals surface area (Å²) in [6.45, 7) is 8.95. The zero-order valence-electron chi connectivity index (χ0n) is 21.6. The molecule has 3 nitrogen and oxygen atoms in total. The topological polar surface area (TPSA) is 35.5 Å². The van der Waals surface area contributed by atoms with Crippen LogP contribution in [0.25, 0.3) is 21.9 Å². The normalized spacial score (nSPS) is 20.4. The van der Waals surface area contributed by atoms with Gasteiger partial charge in [-0.3, -0.25) is 4.52 Å². The summed E-state index contributed by atoms with van der Waals surface area (Å²) in [7, 11) is -1.87. The van der Waals surface area contributed by atoms with Crippen molar-refractivity contribution in [1.29, 1.82) is 0 Å². The molecule has 2 unspecified atom stereocenters. The molecule has 4 atom stereocenters. The maximum absolute atomic E-state index is 6.68. The van der Waals surface area contributed by atoms with E-state index in [1.54, 1.807) is 0 Å². The molecule has 3 aromatic carbocycles. The minimum absolute atomic E-state index is 0.317. The van der Waals surface area contributed by atoms with Crippen LogP contribution < -0.4 is 4.52 Å². The van der Waals surface area contributed by atoms with Crippen LogP contribution in [-0.2, 0) is 6.42 Å². The lowest BCUT2D eigenvalue weighted by atomic mass is 10.00. The van der Waals surface area contributed by atoms with Gasteiger partial charge in [-0.2, -0.15) is 0 Å². The molecule has 0 bridgehead atoms. The van der Waals surface area contributed by atoms with Gasteiger partial charge in [0.05, 0.1) is 9.92 Å². The van der Waals surface area contributed by atoms with E-state index in [4.69, 9.17) is 12.9 Å². The quantitative estimate of drug-likeness (QED) is 0.150. The molecule has 6 heteroatoms. The smallest absolute Gasteiger partial charge is 0.387 e. The molecule has 0 N–H and O–H groups in total. The fraction of sp³-hybridized carbons (Fsp3) is 0.400. The van der Waals surface area contributed by atoms with Crippen LogP contribution in [0, 0.1) is 17.4 Å². The van der Waals surface area contributed by atoms with Gasteiger partial charge in [-0.25, -0.2) is 0 Å². The maximum atomic E-state index is 6.68. The van der Waals surface area contributed by atoms with E-state index in [0.717, 1.165) is 44.8 Å². The molecule has 1 aliphatic rings. The van der Waals surface area contributed by atoms with E-state index >= 15 is 0 Å². The molecule has 0 radical (unpaired) electrons. The maximum Gasteiger partial charge on any atom is 0.387 e. The molecule has 36 heavy (non-hydrogen) atoms. The second-order valence-electron chi connectivity index (χ2n) is 10.1. The van der Waals surface area contributed by atoms with Crippen molar-refractivity contribution >= 4 is 60.7 Å². The summed E-state index contributed by atoms with van der Waals surface area (Å²) < 4.78 is 21.0. The van der Waals surface area contributed by atoms with Crippen molar-refractivity contribution in [3.63, 3.8) is 0 Å². The van der Waals surface area contributed by atoms with Gasteiger partial charge in [0.15, 0.2) is 5.58 Å². The van der Waals surface area contributed by atoms with Crippen LogP contribution in [-0.4, -0.2) is 12.0 Å². The van der Waals surface area contributed by atoms with Crippen LogP contribution in [0.4, 0.5) is 0 Å². The largest absolute Gasteiger partial charge is 0.399 e. The molecule has 4 aromatic rings. The van der Waals surface area contributed by atoms with Crippen molar-refractivity contribution in [1.82, 2.24) is 0 Å². The van der Waals surface area contributed by atoms with Gasteiger partial charge in [-0.15, -0.1) is 0 Å². The van der Waals surface area contributed by atoms with E-state index in [1.165, 1.54) is 35.1 Å². The van der Waals surface area contributed by atoms with Gasteiger partial charge in [0.1, 0.15) is 5.58 Å². The van der Waals surface area contributed by atoms with Crippen molar-refractivity contribution in [3.05, 3.63) is 80.4 Å². The molecule has 1 aliphatic heterocycles. The number of halogens is 1. The van der Waals surface area contributed by atoms with Gasteiger partial charge in [0, 0.05) is 16.4 Å². The lowest BCUT2D eigenvalue weighted by Crippen LogP contribution is -2.03. The van der Waals surface area contributed by atoms with Crippen molar-refractivity contribution in [3.8, 4) is 0 Å². The van der Waals surface area contributed by atoms with Crippen molar-refractivity contribution in [2.45, 2.75) is 71.1 Å². The van der Waals surface area contributed by atoms with Gasteiger partial charge in [0.25, 0.3) is 0 Å². The molecule has 0 saturated carbocycles. The van der Waals surface area contributed by atoms with Crippen molar-refractivity contribution in [2.75, 3.05) is 6.35 Å². The minimum Gasteiger partial charge on any atom is -0.399 e. The Morgan fingerprint density at radius 1 is 0.944 bits per heavy atom. The average molecular weight is 632 g/mol. The molecular formula is C30H35IO3P2. The van der Waals surface area contributed by atoms with Gasteiger partial charge in [-0.1, -0.05) is 64.6 Å². The van der Waals surface area contributed by atoms with E-state index < -0.39 is 8.24 Å². The molecule has 190 valence electrons. The first-order chi connectivity index (χ1) is 17.4. The van der Waals surface area contributed by atoms with Crippen LogP contribution >= 0.6 is 38.8 Å². The Morgan fingerprint density at radius 3 is 2.39 bits per heavy atom. The zero-order chi connectivity index (χ0) is 25.2. The molecule has 0 spiro atoms. The predicted molar refractivity (Wildman–Crippen MR) is 163 cm³/mol. The summed E-state index contributed by atoms with van der Waals surface area (Å²) in [5.74, 6) is 0. The molecule has 0 aliphatic carbocycles. The summed E-state index contributed by atoms with van der Waals surface area (Å²) in [6, 6.07) is 19.9. The Kier molecular flexibility index (Phi) is 8.47. The Labute approximate surface area is 230 Å². The Morgan fingerprint density at radius 2 is 1.64 bits per heavy atom. The average Bonchev–Trinajstić information content (AvgIpc) is 3.15. The van der Waals surface area contributed by atoms with Gasteiger partial charge in [-0.05, 0) is 108 Å². The Bertz CT molecular complexity index is 1400. The number of aryl methyl sites for hydroxylation is 3. The molecule has 0 amide bonds. The molecule has 5 rings (SSSR count). The summed E-state index contributed by atoms with van der Waals surface area (Å²) >= 11 is 2.39. The number of benzene rings is 3. The first kappa shape index (κ1) is 26.3. The second-order valence-corrected chi connectivity index (χ2v) is 15.1. The van der Waals surface area contributed by atoms with Crippen LogP contribution in [0.15, 0.2) is 63.0 Å².